The summed E-state index contributed by atoms with van der Waals surface area (Å²) in [5, 5.41) is 8.56. The minimum Gasteiger partial charge on any atom is -0.464 e. The van der Waals surface area contributed by atoms with Gasteiger partial charge in [0.15, 0.2) is 0 Å². The molecule has 0 aliphatic heterocycles. The van der Waals surface area contributed by atoms with Gasteiger partial charge in [0.25, 0.3) is 0 Å². The maximum absolute atomic E-state index is 10.7. The van der Waals surface area contributed by atoms with Crippen LogP contribution in [0.5, 0.6) is 0 Å². The Labute approximate surface area is 86.6 Å². The molecule has 2 N–H and O–H groups in total. The summed E-state index contributed by atoms with van der Waals surface area (Å²) in [6.07, 6.45) is -1.72. The van der Waals surface area contributed by atoms with E-state index in [2.05, 4.69) is 0 Å². The molecule has 0 bridgehead atoms. The van der Waals surface area contributed by atoms with Gasteiger partial charge in [0, 0.05) is 0 Å². The van der Waals surface area contributed by atoms with E-state index in [1.165, 1.54) is 0 Å². The molecule has 1 aromatic rings. The van der Waals surface area contributed by atoms with Crippen molar-refractivity contribution in [1.82, 2.24) is 4.31 Å². The summed E-state index contributed by atoms with van der Waals surface area (Å²) in [5.74, 6) is 0. The van der Waals surface area contributed by atoms with Gasteiger partial charge in [-0.15, -0.1) is 0 Å². The molecule has 0 aliphatic carbocycles. The lowest BCUT2D eigenvalue weighted by Crippen LogP contribution is -2.34. The summed E-state index contributed by atoms with van der Waals surface area (Å²) >= 11 is 0. The first-order chi connectivity index (χ1) is 6.91. The van der Waals surface area contributed by atoms with Gasteiger partial charge in [0.1, 0.15) is 0 Å². The normalized spacial score (nSPS) is 11.0. The predicted molar refractivity (Wildman–Crippen MR) is 51.6 cm³/mol. The molecule has 6 nitrogen and oxygen atoms in total. The van der Waals surface area contributed by atoms with Crippen LogP contribution in [0.15, 0.2) is 30.3 Å². The zero-order valence-corrected chi connectivity index (χ0v) is 8.38. The molecule has 0 atom stereocenters. The van der Waals surface area contributed by atoms with Gasteiger partial charge >= 0.3 is 16.4 Å². The van der Waals surface area contributed by atoms with Gasteiger partial charge in [-0.2, -0.15) is 12.7 Å². The van der Waals surface area contributed by atoms with Crippen molar-refractivity contribution in [3.63, 3.8) is 0 Å². The molecule has 15 heavy (non-hydrogen) atoms. The molecule has 82 valence electrons. The zero-order chi connectivity index (χ0) is 11.5. The molecule has 1 amide bonds. The Hall–Kier alpha value is -1.60. The van der Waals surface area contributed by atoms with Gasteiger partial charge in [-0.1, -0.05) is 30.3 Å². The second-order valence-electron chi connectivity index (χ2n) is 2.75. The highest BCUT2D eigenvalue weighted by Crippen LogP contribution is 2.07. The van der Waals surface area contributed by atoms with Crippen LogP contribution in [0.25, 0.3) is 0 Å². The number of carbonyl (C=O) groups is 1. The van der Waals surface area contributed by atoms with Gasteiger partial charge in [-0.25, -0.2) is 4.79 Å². The van der Waals surface area contributed by atoms with E-state index in [0.29, 0.717) is 5.56 Å². The number of hydrogen-bond acceptors (Lipinski definition) is 3. The summed E-state index contributed by atoms with van der Waals surface area (Å²) in [5.41, 5.74) is 0.470. The number of amides is 1. The summed E-state index contributed by atoms with van der Waals surface area (Å²) in [4.78, 5) is 10.5. The average molecular weight is 231 g/mol. The molecule has 0 unspecified atom stereocenters. The maximum atomic E-state index is 10.7. The number of carboxylic acid groups (broad SMARTS) is 1. The Kier molecular flexibility index (Phi) is 3.28. The van der Waals surface area contributed by atoms with Crippen molar-refractivity contribution in [2.75, 3.05) is 0 Å². The second-order valence-corrected chi connectivity index (χ2v) is 4.09. The summed E-state index contributed by atoms with van der Waals surface area (Å²) < 4.78 is 29.9. The maximum Gasteiger partial charge on any atom is 0.423 e. The molecule has 1 aromatic carbocycles. The van der Waals surface area contributed by atoms with E-state index in [-0.39, 0.29) is 4.31 Å². The van der Waals surface area contributed by atoms with Crippen LogP contribution in [0, 0.1) is 0 Å². The van der Waals surface area contributed by atoms with Crippen molar-refractivity contribution >= 4 is 16.4 Å². The minimum absolute atomic E-state index is 0.0394. The van der Waals surface area contributed by atoms with Gasteiger partial charge in [0.05, 0.1) is 6.54 Å². The quantitative estimate of drug-likeness (QED) is 0.756. The summed E-state index contributed by atoms with van der Waals surface area (Å²) in [6, 6.07) is 8.10. The van der Waals surface area contributed by atoms with Gasteiger partial charge in [-0.05, 0) is 5.56 Å². The summed E-state index contributed by atoms with van der Waals surface area (Å²) in [7, 11) is -4.73. The molecule has 0 aromatic heterocycles. The van der Waals surface area contributed by atoms with E-state index in [1.54, 1.807) is 30.3 Å². The van der Waals surface area contributed by atoms with Crippen molar-refractivity contribution in [1.29, 1.82) is 0 Å². The lowest BCUT2D eigenvalue weighted by molar-refractivity contribution is 0.167. The first-order valence-electron chi connectivity index (χ1n) is 3.93. The first-order valence-corrected chi connectivity index (χ1v) is 5.33. The van der Waals surface area contributed by atoms with Gasteiger partial charge in [0.2, 0.25) is 0 Å². The highest BCUT2D eigenvalue weighted by molar-refractivity contribution is 7.83. The molecular formula is C8H9NO5S. The van der Waals surface area contributed by atoms with Crippen molar-refractivity contribution in [3.8, 4) is 0 Å². The van der Waals surface area contributed by atoms with E-state index in [1.807, 2.05) is 0 Å². The Morgan fingerprint density at radius 1 is 1.27 bits per heavy atom. The largest absolute Gasteiger partial charge is 0.464 e. The smallest absolute Gasteiger partial charge is 0.423 e. The Morgan fingerprint density at radius 3 is 2.20 bits per heavy atom. The third-order valence-corrected chi connectivity index (χ3v) is 2.50. The van der Waals surface area contributed by atoms with Crippen molar-refractivity contribution in [3.05, 3.63) is 35.9 Å². The van der Waals surface area contributed by atoms with Crippen LogP contribution in [-0.4, -0.2) is 28.5 Å². The Morgan fingerprint density at radius 2 is 1.80 bits per heavy atom. The molecule has 0 spiro atoms. The third kappa shape index (κ3) is 3.22. The van der Waals surface area contributed by atoms with E-state index >= 15 is 0 Å². The standard InChI is InChI=1S/C8H9NO5S/c10-8(11)9(15(12,13)14)6-7-4-2-1-3-5-7/h1-5H,6H2,(H,10,11)(H,12,13,14). The SMILES string of the molecule is O=C(O)N(Cc1ccccc1)S(=O)(=O)O. The van der Waals surface area contributed by atoms with Crippen LogP contribution >= 0.6 is 0 Å². The summed E-state index contributed by atoms with van der Waals surface area (Å²) in [6.45, 7) is -0.408. The van der Waals surface area contributed by atoms with Crippen LogP contribution in [-0.2, 0) is 16.8 Å². The molecule has 0 saturated carbocycles. The highest BCUT2D eigenvalue weighted by atomic mass is 32.2. The fraction of sp³-hybridized carbons (Fsp3) is 0.125. The molecule has 7 heteroatoms. The van der Waals surface area contributed by atoms with E-state index in [4.69, 9.17) is 9.66 Å². The number of rotatable bonds is 3. The molecule has 0 radical (unpaired) electrons. The minimum atomic E-state index is -4.73. The molecule has 0 fully saturated rings. The van der Waals surface area contributed by atoms with Crippen LogP contribution in [0.3, 0.4) is 0 Å². The van der Waals surface area contributed by atoms with E-state index in [0.717, 1.165) is 0 Å². The van der Waals surface area contributed by atoms with Crippen molar-refractivity contribution < 1.29 is 22.9 Å². The molecular weight excluding hydrogens is 222 g/mol. The number of nitrogens with zero attached hydrogens (tertiary/aromatic N) is 1. The Balaban J connectivity index is 2.92. The fourth-order valence-electron chi connectivity index (χ4n) is 0.997. The van der Waals surface area contributed by atoms with Crippen LogP contribution < -0.4 is 0 Å². The molecule has 1 rings (SSSR count). The Bertz CT molecular complexity index is 441. The van der Waals surface area contributed by atoms with E-state index in [9.17, 15) is 13.2 Å². The topological polar surface area (TPSA) is 94.9 Å². The van der Waals surface area contributed by atoms with Crippen LogP contribution in [0.1, 0.15) is 5.56 Å². The monoisotopic (exact) mass is 231 g/mol. The lowest BCUT2D eigenvalue weighted by atomic mass is 10.2. The zero-order valence-electron chi connectivity index (χ0n) is 7.57. The average Bonchev–Trinajstić information content (AvgIpc) is 2.13. The van der Waals surface area contributed by atoms with Crippen molar-refractivity contribution in [2.45, 2.75) is 6.54 Å². The molecule has 0 aliphatic rings. The van der Waals surface area contributed by atoms with Gasteiger partial charge < -0.3 is 5.11 Å². The van der Waals surface area contributed by atoms with Crippen LogP contribution in [0.4, 0.5) is 4.79 Å². The third-order valence-electron chi connectivity index (χ3n) is 1.66. The molecule has 0 saturated heterocycles. The van der Waals surface area contributed by atoms with Crippen molar-refractivity contribution in [2.24, 2.45) is 0 Å². The van der Waals surface area contributed by atoms with E-state index < -0.39 is 22.9 Å². The number of hydrogen-bond donors (Lipinski definition) is 2. The predicted octanol–water partition coefficient (Wildman–Crippen LogP) is 0.969. The fourth-order valence-corrected chi connectivity index (χ4v) is 1.51. The first kappa shape index (κ1) is 11.5. The molecule has 0 heterocycles. The van der Waals surface area contributed by atoms with Gasteiger partial charge in [-0.3, -0.25) is 4.55 Å². The number of benzene rings is 1. The van der Waals surface area contributed by atoms with Crippen LogP contribution in [0.2, 0.25) is 0 Å². The highest BCUT2D eigenvalue weighted by Gasteiger charge is 2.24. The second kappa shape index (κ2) is 4.28. The lowest BCUT2D eigenvalue weighted by Gasteiger charge is -2.14.